The molecule has 158 valence electrons. The summed E-state index contributed by atoms with van der Waals surface area (Å²) in [6, 6.07) is 4.15. The van der Waals surface area contributed by atoms with E-state index in [0.29, 0.717) is 6.54 Å². The fourth-order valence-corrected chi connectivity index (χ4v) is 6.20. The van der Waals surface area contributed by atoms with Crippen molar-refractivity contribution in [2.24, 2.45) is 5.92 Å². The van der Waals surface area contributed by atoms with Crippen LogP contribution in [0.25, 0.3) is 0 Å². The van der Waals surface area contributed by atoms with E-state index >= 15 is 0 Å². The van der Waals surface area contributed by atoms with Gasteiger partial charge in [0.25, 0.3) is 0 Å². The maximum absolute atomic E-state index is 13.2. The van der Waals surface area contributed by atoms with Gasteiger partial charge in [-0.2, -0.15) is 22.6 Å². The zero-order valence-corrected chi connectivity index (χ0v) is 16.7. The van der Waals surface area contributed by atoms with Gasteiger partial charge in [0.2, 0.25) is 10.0 Å². The van der Waals surface area contributed by atoms with Gasteiger partial charge in [0.15, 0.2) is 0 Å². The van der Waals surface area contributed by atoms with Crippen LogP contribution in [0.2, 0.25) is 0 Å². The highest BCUT2D eigenvalue weighted by molar-refractivity contribution is 7.89. The van der Waals surface area contributed by atoms with Gasteiger partial charge in [-0.1, -0.05) is 6.07 Å². The third kappa shape index (κ3) is 3.75. The first-order valence-corrected chi connectivity index (χ1v) is 11.0. The van der Waals surface area contributed by atoms with Crippen molar-refractivity contribution in [3.63, 3.8) is 0 Å². The maximum Gasteiger partial charge on any atom is 0.416 e. The van der Waals surface area contributed by atoms with E-state index in [0.717, 1.165) is 31.4 Å². The van der Waals surface area contributed by atoms with E-state index in [1.54, 1.807) is 4.68 Å². The SMILES string of the molecule is CCn1cc(S(=O)(=O)N2C3CCC(C3)[C@@H]2COc2cccc(C(F)(F)F)c2)cn1. The number of sulfonamides is 1. The highest BCUT2D eigenvalue weighted by Crippen LogP contribution is 2.45. The van der Waals surface area contributed by atoms with Crippen LogP contribution < -0.4 is 4.74 Å². The van der Waals surface area contributed by atoms with Gasteiger partial charge in [0.05, 0.1) is 17.8 Å². The summed E-state index contributed by atoms with van der Waals surface area (Å²) in [6.07, 6.45) is 0.813. The summed E-state index contributed by atoms with van der Waals surface area (Å²) in [5, 5.41) is 4.06. The standard InChI is InChI=1S/C19H22F3N3O3S/c1-2-24-11-17(10-23-24)29(26,27)25-15-7-6-13(8-15)18(25)12-28-16-5-3-4-14(9-16)19(20,21)22/h3-5,9-11,13,15,18H,2,6-8,12H2,1H3/t13?,15?,18-/m0/s1. The lowest BCUT2D eigenvalue weighted by molar-refractivity contribution is -0.137. The van der Waals surface area contributed by atoms with E-state index < -0.39 is 27.8 Å². The van der Waals surface area contributed by atoms with Crippen LogP contribution in [0.4, 0.5) is 13.2 Å². The minimum atomic E-state index is -4.46. The Bertz CT molecular complexity index is 990. The van der Waals surface area contributed by atoms with Crippen molar-refractivity contribution in [2.75, 3.05) is 6.61 Å². The largest absolute Gasteiger partial charge is 0.492 e. The topological polar surface area (TPSA) is 64.4 Å². The fraction of sp³-hybridized carbons (Fsp3) is 0.526. The molecule has 1 aromatic carbocycles. The predicted octanol–water partition coefficient (Wildman–Crippen LogP) is 3.54. The van der Waals surface area contributed by atoms with Gasteiger partial charge in [0, 0.05) is 18.8 Å². The molecule has 10 heteroatoms. The molecule has 2 heterocycles. The molecular formula is C19H22F3N3O3S. The highest BCUT2D eigenvalue weighted by atomic mass is 32.2. The van der Waals surface area contributed by atoms with E-state index in [2.05, 4.69) is 5.10 Å². The Hall–Kier alpha value is -2.07. The molecule has 4 rings (SSSR count). The number of aromatic nitrogens is 2. The number of hydrogen-bond acceptors (Lipinski definition) is 4. The molecule has 1 saturated heterocycles. The van der Waals surface area contributed by atoms with Crippen molar-refractivity contribution in [3.8, 4) is 5.75 Å². The Balaban J connectivity index is 1.55. The van der Waals surface area contributed by atoms with Crippen molar-refractivity contribution in [3.05, 3.63) is 42.2 Å². The summed E-state index contributed by atoms with van der Waals surface area (Å²) in [5.74, 6) is 0.223. The zero-order valence-electron chi connectivity index (χ0n) is 15.8. The Labute approximate surface area is 167 Å². The van der Waals surface area contributed by atoms with E-state index in [-0.39, 0.29) is 29.2 Å². The Morgan fingerprint density at radius 1 is 1.28 bits per heavy atom. The Morgan fingerprint density at radius 3 is 2.76 bits per heavy atom. The van der Waals surface area contributed by atoms with Crippen LogP contribution in [0.3, 0.4) is 0 Å². The molecule has 2 aliphatic rings. The average Bonchev–Trinajstić information content (AvgIpc) is 3.41. The molecule has 0 N–H and O–H groups in total. The second kappa shape index (κ2) is 7.32. The lowest BCUT2D eigenvalue weighted by Gasteiger charge is -2.33. The van der Waals surface area contributed by atoms with Gasteiger partial charge in [-0.05, 0) is 50.3 Å². The first-order chi connectivity index (χ1) is 13.7. The van der Waals surface area contributed by atoms with Crippen molar-refractivity contribution in [1.82, 2.24) is 14.1 Å². The molecule has 3 atom stereocenters. The number of aryl methyl sites for hydroxylation is 1. The molecule has 1 aliphatic heterocycles. The minimum Gasteiger partial charge on any atom is -0.492 e. The average molecular weight is 429 g/mol. The molecule has 2 aromatic rings. The lowest BCUT2D eigenvalue weighted by Crippen LogP contribution is -2.47. The number of nitrogens with zero attached hydrogens (tertiary/aromatic N) is 3. The van der Waals surface area contributed by atoms with E-state index in [9.17, 15) is 21.6 Å². The quantitative estimate of drug-likeness (QED) is 0.705. The molecule has 1 saturated carbocycles. The minimum absolute atomic E-state index is 0.0175. The van der Waals surface area contributed by atoms with Crippen molar-refractivity contribution in [1.29, 1.82) is 0 Å². The molecule has 1 aliphatic carbocycles. The molecule has 2 bridgehead atoms. The predicted molar refractivity (Wildman–Crippen MR) is 98.8 cm³/mol. The van der Waals surface area contributed by atoms with Crippen molar-refractivity contribution < 1.29 is 26.3 Å². The first-order valence-electron chi connectivity index (χ1n) is 9.56. The maximum atomic E-state index is 13.2. The van der Waals surface area contributed by atoms with Crippen LogP contribution in [0.1, 0.15) is 31.7 Å². The zero-order chi connectivity index (χ0) is 20.8. The summed E-state index contributed by atoms with van der Waals surface area (Å²) < 4.78 is 73.9. The van der Waals surface area contributed by atoms with Crippen LogP contribution in [0, 0.1) is 5.92 Å². The third-order valence-corrected chi connectivity index (χ3v) is 7.70. The van der Waals surface area contributed by atoms with Gasteiger partial charge in [-0.25, -0.2) is 8.42 Å². The van der Waals surface area contributed by atoms with Crippen LogP contribution in [0.15, 0.2) is 41.6 Å². The number of rotatable bonds is 6. The van der Waals surface area contributed by atoms with Crippen LogP contribution in [-0.4, -0.2) is 41.2 Å². The smallest absolute Gasteiger partial charge is 0.416 e. The molecule has 29 heavy (non-hydrogen) atoms. The fourth-order valence-electron chi connectivity index (χ4n) is 4.35. The molecule has 2 fully saturated rings. The lowest BCUT2D eigenvalue weighted by atomic mass is 10.0. The van der Waals surface area contributed by atoms with Crippen LogP contribution in [0.5, 0.6) is 5.75 Å². The van der Waals surface area contributed by atoms with Gasteiger partial charge in [0.1, 0.15) is 17.3 Å². The summed E-state index contributed by atoms with van der Waals surface area (Å²) in [5.41, 5.74) is -0.792. The van der Waals surface area contributed by atoms with E-state index in [4.69, 9.17) is 4.74 Å². The first kappa shape index (κ1) is 20.2. The van der Waals surface area contributed by atoms with Gasteiger partial charge < -0.3 is 4.74 Å². The van der Waals surface area contributed by atoms with Gasteiger partial charge in [-0.15, -0.1) is 0 Å². The molecule has 1 aromatic heterocycles. The Kier molecular flexibility index (Phi) is 5.10. The van der Waals surface area contributed by atoms with E-state index in [1.807, 2.05) is 6.92 Å². The number of ether oxygens (including phenoxy) is 1. The normalized spacial score (nSPS) is 24.9. The number of halogens is 3. The molecule has 2 unspecified atom stereocenters. The van der Waals surface area contributed by atoms with Gasteiger partial charge in [-0.3, -0.25) is 4.68 Å². The van der Waals surface area contributed by atoms with Crippen molar-refractivity contribution in [2.45, 2.75) is 55.9 Å². The number of piperidine rings is 1. The molecule has 6 nitrogen and oxygen atoms in total. The number of hydrogen-bond donors (Lipinski definition) is 0. The second-order valence-electron chi connectivity index (χ2n) is 7.50. The summed E-state index contributed by atoms with van der Waals surface area (Å²) in [7, 11) is -3.75. The third-order valence-electron chi connectivity index (χ3n) is 5.77. The Morgan fingerprint density at radius 2 is 2.07 bits per heavy atom. The van der Waals surface area contributed by atoms with Gasteiger partial charge >= 0.3 is 6.18 Å². The monoisotopic (exact) mass is 429 g/mol. The second-order valence-corrected chi connectivity index (χ2v) is 9.34. The molecular weight excluding hydrogens is 407 g/mol. The highest BCUT2D eigenvalue weighted by Gasteiger charge is 2.52. The molecule has 0 amide bonds. The molecule has 0 radical (unpaired) electrons. The number of benzene rings is 1. The summed E-state index contributed by atoms with van der Waals surface area (Å²) in [6.45, 7) is 2.44. The van der Waals surface area contributed by atoms with Crippen LogP contribution in [-0.2, 0) is 22.7 Å². The molecule has 0 spiro atoms. The van der Waals surface area contributed by atoms with E-state index in [1.165, 1.54) is 28.8 Å². The van der Waals surface area contributed by atoms with Crippen LogP contribution >= 0.6 is 0 Å². The number of alkyl halides is 3. The number of fused-ring (bicyclic) bond motifs is 2. The summed E-state index contributed by atoms with van der Waals surface area (Å²) in [4.78, 5) is 0.135. The van der Waals surface area contributed by atoms with Crippen molar-refractivity contribution >= 4 is 10.0 Å². The summed E-state index contributed by atoms with van der Waals surface area (Å²) >= 11 is 0.